The van der Waals surface area contributed by atoms with Crippen molar-refractivity contribution in [1.29, 1.82) is 0 Å². The maximum Gasteiger partial charge on any atom is 0.321 e. The standard InChI is InChI=1S/C23H29N5O3.HI/c1-24-22(26-19-8-9-20-21(15-19)31-13-5-12-30-20)25-16-17-6-4-7-18(14-17)27-23(29)28-10-2-3-11-28;/h4,6-9,14-15H,2-3,5,10-13,16H2,1H3,(H,27,29)(H2,24,25,26);1H. The van der Waals surface area contributed by atoms with Gasteiger partial charge in [-0.3, -0.25) is 4.99 Å². The van der Waals surface area contributed by atoms with E-state index in [9.17, 15) is 4.79 Å². The average Bonchev–Trinajstić information content (AvgIpc) is 3.23. The third-order valence-electron chi connectivity index (χ3n) is 5.27. The first-order chi connectivity index (χ1) is 15.2. The van der Waals surface area contributed by atoms with Crippen molar-refractivity contribution < 1.29 is 14.3 Å². The van der Waals surface area contributed by atoms with Crippen LogP contribution in [-0.4, -0.2) is 50.2 Å². The van der Waals surface area contributed by atoms with Gasteiger partial charge in [0.05, 0.1) is 13.2 Å². The van der Waals surface area contributed by atoms with Crippen molar-refractivity contribution in [2.45, 2.75) is 25.8 Å². The van der Waals surface area contributed by atoms with Crippen molar-refractivity contribution in [3.05, 3.63) is 48.0 Å². The summed E-state index contributed by atoms with van der Waals surface area (Å²) >= 11 is 0. The van der Waals surface area contributed by atoms with E-state index in [1.54, 1.807) is 7.05 Å². The Hall–Kier alpha value is -2.69. The fourth-order valence-electron chi connectivity index (χ4n) is 3.62. The molecule has 0 saturated carbocycles. The SMILES string of the molecule is CN=C(NCc1cccc(NC(=O)N2CCCC2)c1)Nc1ccc2c(c1)OCCCO2.I. The highest BCUT2D eigenvalue weighted by molar-refractivity contribution is 14.0. The molecule has 2 aromatic carbocycles. The Morgan fingerprint density at radius 2 is 1.72 bits per heavy atom. The number of fused-ring (bicyclic) bond motifs is 1. The number of anilines is 2. The Labute approximate surface area is 205 Å². The van der Waals surface area contributed by atoms with Crippen LogP contribution in [0.5, 0.6) is 11.5 Å². The summed E-state index contributed by atoms with van der Waals surface area (Å²) in [6.45, 7) is 3.54. The number of carbonyl (C=O) groups is 1. The zero-order chi connectivity index (χ0) is 21.5. The Morgan fingerprint density at radius 1 is 0.969 bits per heavy atom. The van der Waals surface area contributed by atoms with Gasteiger partial charge in [-0.1, -0.05) is 12.1 Å². The van der Waals surface area contributed by atoms with Gasteiger partial charge in [-0.05, 0) is 42.7 Å². The van der Waals surface area contributed by atoms with Crippen LogP contribution in [0.2, 0.25) is 0 Å². The quantitative estimate of drug-likeness (QED) is 0.300. The highest BCUT2D eigenvalue weighted by Crippen LogP contribution is 2.32. The number of hydrogen-bond donors (Lipinski definition) is 3. The van der Waals surface area contributed by atoms with Crippen LogP contribution in [0.25, 0.3) is 0 Å². The van der Waals surface area contributed by atoms with E-state index in [4.69, 9.17) is 9.47 Å². The average molecular weight is 551 g/mol. The zero-order valence-corrected chi connectivity index (χ0v) is 20.6. The molecule has 2 aliphatic heterocycles. The van der Waals surface area contributed by atoms with E-state index >= 15 is 0 Å². The lowest BCUT2D eigenvalue weighted by molar-refractivity contribution is 0.222. The minimum Gasteiger partial charge on any atom is -0.490 e. The lowest BCUT2D eigenvalue weighted by Crippen LogP contribution is -2.32. The van der Waals surface area contributed by atoms with Crippen LogP contribution < -0.4 is 25.4 Å². The van der Waals surface area contributed by atoms with Crippen LogP contribution in [0.3, 0.4) is 0 Å². The predicted octanol–water partition coefficient (Wildman–Crippen LogP) is 4.28. The van der Waals surface area contributed by atoms with Crippen molar-refractivity contribution in [3.63, 3.8) is 0 Å². The second kappa shape index (κ2) is 11.8. The first-order valence-corrected chi connectivity index (χ1v) is 10.7. The van der Waals surface area contributed by atoms with Crippen LogP contribution in [0.4, 0.5) is 16.2 Å². The van der Waals surface area contributed by atoms with Crippen LogP contribution in [0.1, 0.15) is 24.8 Å². The van der Waals surface area contributed by atoms with Gasteiger partial charge in [0.2, 0.25) is 0 Å². The van der Waals surface area contributed by atoms with E-state index in [1.807, 2.05) is 47.4 Å². The van der Waals surface area contributed by atoms with Crippen molar-refractivity contribution in [2.75, 3.05) is 44.0 Å². The summed E-state index contributed by atoms with van der Waals surface area (Å²) in [6.07, 6.45) is 3.03. The van der Waals surface area contributed by atoms with Crippen molar-refractivity contribution in [1.82, 2.24) is 10.2 Å². The van der Waals surface area contributed by atoms with Gasteiger partial charge >= 0.3 is 6.03 Å². The number of amides is 2. The van der Waals surface area contributed by atoms with Crippen LogP contribution in [0.15, 0.2) is 47.5 Å². The molecule has 8 nitrogen and oxygen atoms in total. The molecule has 1 fully saturated rings. The molecule has 2 aliphatic rings. The molecule has 0 bridgehead atoms. The summed E-state index contributed by atoms with van der Waals surface area (Å²) in [5, 5.41) is 9.57. The smallest absolute Gasteiger partial charge is 0.321 e. The van der Waals surface area contributed by atoms with Gasteiger partial charge in [0.15, 0.2) is 17.5 Å². The Balaban J connectivity index is 0.00000289. The minimum atomic E-state index is -0.0329. The number of hydrogen-bond acceptors (Lipinski definition) is 4. The zero-order valence-electron chi connectivity index (χ0n) is 18.2. The molecule has 9 heteroatoms. The molecular weight excluding hydrogens is 521 g/mol. The van der Waals surface area contributed by atoms with E-state index < -0.39 is 0 Å². The molecule has 0 spiro atoms. The van der Waals surface area contributed by atoms with Gasteiger partial charge in [0.25, 0.3) is 0 Å². The van der Waals surface area contributed by atoms with Crippen molar-refractivity contribution in [2.24, 2.45) is 4.99 Å². The molecule has 3 N–H and O–H groups in total. The predicted molar refractivity (Wildman–Crippen MR) is 138 cm³/mol. The van der Waals surface area contributed by atoms with Crippen molar-refractivity contribution >= 4 is 47.3 Å². The molecule has 2 amide bonds. The number of nitrogens with zero attached hydrogens (tertiary/aromatic N) is 2. The molecule has 0 radical (unpaired) electrons. The molecule has 172 valence electrons. The molecule has 4 rings (SSSR count). The molecule has 0 unspecified atom stereocenters. The summed E-state index contributed by atoms with van der Waals surface area (Å²) < 4.78 is 11.4. The van der Waals surface area contributed by atoms with Gasteiger partial charge < -0.3 is 30.3 Å². The fourth-order valence-corrected chi connectivity index (χ4v) is 3.62. The number of urea groups is 1. The Bertz CT molecular complexity index is 947. The number of aliphatic imine (C=N–C) groups is 1. The monoisotopic (exact) mass is 551 g/mol. The lowest BCUT2D eigenvalue weighted by Gasteiger charge is -2.17. The largest absolute Gasteiger partial charge is 0.490 e. The second-order valence-corrected chi connectivity index (χ2v) is 7.59. The highest BCUT2D eigenvalue weighted by atomic mass is 127. The van der Waals surface area contributed by atoms with E-state index in [0.29, 0.717) is 25.7 Å². The first-order valence-electron chi connectivity index (χ1n) is 10.7. The van der Waals surface area contributed by atoms with Crippen LogP contribution >= 0.6 is 24.0 Å². The van der Waals surface area contributed by atoms with Gasteiger partial charge in [0, 0.05) is 50.5 Å². The number of nitrogens with one attached hydrogen (secondary N) is 3. The molecule has 1 saturated heterocycles. The minimum absolute atomic E-state index is 0. The fraction of sp³-hybridized carbons (Fsp3) is 0.391. The number of rotatable bonds is 4. The first kappa shape index (κ1) is 24.0. The molecular formula is C23H30IN5O3. The van der Waals surface area contributed by atoms with E-state index in [2.05, 4.69) is 20.9 Å². The third kappa shape index (κ3) is 6.41. The molecule has 0 atom stereocenters. The normalized spacial score (nSPS) is 15.4. The third-order valence-corrected chi connectivity index (χ3v) is 5.27. The summed E-state index contributed by atoms with van der Waals surface area (Å²) in [6, 6.07) is 13.6. The maximum absolute atomic E-state index is 12.3. The number of likely N-dealkylation sites (tertiary alicyclic amines) is 1. The van der Waals surface area contributed by atoms with E-state index in [1.165, 1.54) is 0 Å². The van der Waals surface area contributed by atoms with Crippen LogP contribution in [-0.2, 0) is 6.54 Å². The van der Waals surface area contributed by atoms with Gasteiger partial charge in [0.1, 0.15) is 0 Å². The molecule has 0 aromatic heterocycles. The summed E-state index contributed by atoms with van der Waals surface area (Å²) in [5.74, 6) is 2.14. The number of halogens is 1. The summed E-state index contributed by atoms with van der Waals surface area (Å²) in [4.78, 5) is 18.5. The maximum atomic E-state index is 12.3. The molecule has 32 heavy (non-hydrogen) atoms. The van der Waals surface area contributed by atoms with Gasteiger partial charge in [-0.2, -0.15) is 0 Å². The van der Waals surface area contributed by atoms with Crippen molar-refractivity contribution in [3.8, 4) is 11.5 Å². The topological polar surface area (TPSA) is 87.2 Å². The van der Waals surface area contributed by atoms with Gasteiger partial charge in [-0.25, -0.2) is 4.79 Å². The molecule has 0 aliphatic carbocycles. The molecule has 2 heterocycles. The van der Waals surface area contributed by atoms with E-state index in [0.717, 1.165) is 60.8 Å². The van der Waals surface area contributed by atoms with Crippen LogP contribution in [0, 0.1) is 0 Å². The highest BCUT2D eigenvalue weighted by Gasteiger charge is 2.17. The Kier molecular flexibility index (Phi) is 8.83. The van der Waals surface area contributed by atoms with Gasteiger partial charge in [-0.15, -0.1) is 24.0 Å². The summed E-state index contributed by atoms with van der Waals surface area (Å²) in [7, 11) is 1.73. The Morgan fingerprint density at radius 3 is 2.50 bits per heavy atom. The number of guanidine groups is 1. The lowest BCUT2D eigenvalue weighted by atomic mass is 10.2. The summed E-state index contributed by atoms with van der Waals surface area (Å²) in [5.41, 5.74) is 2.70. The number of carbonyl (C=O) groups excluding carboxylic acids is 1. The number of ether oxygens (including phenoxy) is 2. The molecule has 2 aromatic rings. The number of benzene rings is 2. The van der Waals surface area contributed by atoms with E-state index in [-0.39, 0.29) is 30.0 Å². The second-order valence-electron chi connectivity index (χ2n) is 7.59.